The van der Waals surface area contributed by atoms with Crippen LogP contribution < -0.4 is 54.0 Å². The monoisotopic (exact) mass is 1920 g/mol. The molecule has 5 atom stereocenters. The topological polar surface area (TPSA) is 491 Å². The van der Waals surface area contributed by atoms with Crippen LogP contribution in [0.15, 0.2) is 143 Å². The van der Waals surface area contributed by atoms with Gasteiger partial charge >= 0.3 is 0 Å². The lowest BCUT2D eigenvalue weighted by Gasteiger charge is -2.56. The minimum Gasteiger partial charge on any atom is -0.448 e. The predicted molar refractivity (Wildman–Crippen MR) is 508 cm³/mol. The normalized spacial score (nSPS) is 20.7. The third-order valence-corrected chi connectivity index (χ3v) is 30.3. The summed E-state index contributed by atoms with van der Waals surface area (Å²) < 4.78 is 35.7. The Bertz CT molecular complexity index is 6440. The lowest BCUT2D eigenvalue weighted by atomic mass is 9.49. The summed E-state index contributed by atoms with van der Waals surface area (Å²) in [5.74, 6) is -0.827. The van der Waals surface area contributed by atoms with Crippen molar-refractivity contribution in [1.82, 2.24) is 82.8 Å². The molecular weight excluding hydrogens is 1800 g/mol. The van der Waals surface area contributed by atoms with E-state index in [1.165, 1.54) is 35.8 Å². The van der Waals surface area contributed by atoms with Gasteiger partial charge in [0.05, 0.1) is 68.7 Å². The maximum atomic E-state index is 13.4. The number of nitrogens with zero attached hydrogens (tertiary/aromatic N) is 6. The van der Waals surface area contributed by atoms with Gasteiger partial charge in [0.25, 0.3) is 63.2 Å². The largest absolute Gasteiger partial charge is 0.448 e. The number of hydrogen-bond acceptors (Lipinski definition) is 21. The number of hydroxylamine groups is 5. The van der Waals surface area contributed by atoms with Gasteiger partial charge < -0.3 is 31.0 Å². The first-order chi connectivity index (χ1) is 66.0. The van der Waals surface area contributed by atoms with Crippen LogP contribution in [0.5, 0.6) is 0 Å². The van der Waals surface area contributed by atoms with Crippen molar-refractivity contribution in [1.29, 1.82) is 0 Å². The highest BCUT2D eigenvalue weighted by Gasteiger charge is 2.55. The molecule has 20 rings (SSSR count). The Kier molecular flexibility index (Phi) is 30.8. The van der Waals surface area contributed by atoms with E-state index < -0.39 is 45.5 Å². The van der Waals surface area contributed by atoms with Crippen molar-refractivity contribution in [2.45, 2.75) is 237 Å². The number of benzene rings is 6. The van der Waals surface area contributed by atoms with E-state index in [0.717, 1.165) is 213 Å². The molecule has 0 radical (unpaired) electrons. The van der Waals surface area contributed by atoms with E-state index in [1.54, 1.807) is 117 Å². The van der Waals surface area contributed by atoms with E-state index in [0.29, 0.717) is 79.5 Å². The molecule has 5 fully saturated rings. The molecule has 728 valence electrons. The number of furan rings is 1. The van der Waals surface area contributed by atoms with E-state index in [1.807, 2.05) is 96.1 Å². The summed E-state index contributed by atoms with van der Waals surface area (Å²) in [5.41, 5.74) is 24.9. The highest BCUT2D eigenvalue weighted by atomic mass is 35.5. The first-order valence-corrected chi connectivity index (χ1v) is 49.0. The van der Waals surface area contributed by atoms with Crippen molar-refractivity contribution in [3.8, 4) is 0 Å². The first kappa shape index (κ1) is 99.6. The van der Waals surface area contributed by atoms with E-state index >= 15 is 0 Å². The number of rotatable bonds is 17. The minimum absolute atomic E-state index is 0.0421. The number of carbonyl (C=O) groups excluding carboxylic acids is 10. The molecule has 0 spiro atoms. The highest BCUT2D eigenvalue weighted by Crippen LogP contribution is 2.60. The Morgan fingerprint density at radius 1 is 0.435 bits per heavy atom. The van der Waals surface area contributed by atoms with Crippen LogP contribution in [-0.4, -0.2) is 135 Å². The van der Waals surface area contributed by atoms with E-state index in [9.17, 15) is 56.4 Å². The van der Waals surface area contributed by atoms with E-state index in [4.69, 9.17) is 42.1 Å². The number of halogens is 1. The van der Waals surface area contributed by atoms with Gasteiger partial charge in [-0.1, -0.05) is 59.6 Å². The number of hydrogen-bond donors (Lipinski definition) is 15. The second-order valence-electron chi connectivity index (χ2n) is 38.7. The maximum absolute atomic E-state index is 13.4. The van der Waals surface area contributed by atoms with Crippen molar-refractivity contribution in [3.63, 3.8) is 0 Å². The van der Waals surface area contributed by atoms with Crippen molar-refractivity contribution in [2.75, 3.05) is 13.1 Å². The van der Waals surface area contributed by atoms with Crippen molar-refractivity contribution < 1.29 is 86.8 Å². The predicted octanol–water partition coefficient (Wildman–Crippen LogP) is 14.5. The number of sulfonamides is 1. The zero-order valence-electron chi connectivity index (χ0n) is 78.5. The van der Waals surface area contributed by atoms with Gasteiger partial charge in [0.1, 0.15) is 11.5 Å². The Balaban J connectivity index is 0.000000131. The van der Waals surface area contributed by atoms with Crippen LogP contribution in [0.4, 0.5) is 0 Å². The van der Waals surface area contributed by atoms with Crippen molar-refractivity contribution >= 4 is 91.7 Å². The molecule has 15 N–H and O–H groups in total. The maximum Gasteiger partial charge on any atom is 0.276 e. The van der Waals surface area contributed by atoms with Crippen LogP contribution in [0.25, 0.3) is 11.0 Å². The van der Waals surface area contributed by atoms with Gasteiger partial charge in [-0.25, -0.2) is 40.8 Å². The van der Waals surface area contributed by atoms with E-state index in [2.05, 4.69) is 41.8 Å². The summed E-state index contributed by atoms with van der Waals surface area (Å²) in [6, 6.07) is 36.4. The molecule has 9 aliphatic carbocycles. The molecule has 6 aromatic carbocycles. The Morgan fingerprint density at radius 2 is 0.790 bits per heavy atom. The molecule has 10 aliphatic rings. The third kappa shape index (κ3) is 22.0. The van der Waals surface area contributed by atoms with Gasteiger partial charge in [0.15, 0.2) is 5.65 Å². The fraction of sp³-hybridized carbons (Fsp3) is 0.422. The van der Waals surface area contributed by atoms with Crippen molar-refractivity contribution in [2.24, 2.45) is 30.2 Å². The van der Waals surface area contributed by atoms with Gasteiger partial charge in [-0.15, -0.1) is 0 Å². The smallest absolute Gasteiger partial charge is 0.276 e. The lowest BCUT2D eigenvalue weighted by molar-refractivity contribution is -0.147. The fourth-order valence-corrected chi connectivity index (χ4v) is 23.6. The summed E-state index contributed by atoms with van der Waals surface area (Å²) in [4.78, 5) is 127. The summed E-state index contributed by atoms with van der Waals surface area (Å²) in [6.45, 7) is 14.2. The quantitative estimate of drug-likeness (QED) is 0.0297. The first-order valence-electron chi connectivity index (χ1n) is 47.2. The molecule has 5 heterocycles. The van der Waals surface area contributed by atoms with Gasteiger partial charge in [0, 0.05) is 71.2 Å². The molecule has 1 saturated heterocycles. The Morgan fingerprint density at radius 3 is 1.17 bits per heavy atom. The van der Waals surface area contributed by atoms with Gasteiger partial charge in [-0.2, -0.15) is 14.5 Å². The standard InChI is InChI=1S/C22H28N2O3.C21H25N3O6S.C20H20ClN5O3.C20H26N4O3.C19H20N2O3/c25-20(24-27)17-4-5-18-16(9-17)2-1-3-19(18)23-21(26)22-10-13-6-14(11-22)8-15(7-13)12-22;1-13-17(12-19(30-13)31(28,29)24-9-2-3-10-24)21(26)22-18-6-4-5-14-11-15(20(25)23-27)7-8-16(14)18;1-10-16-17(21)14(9-22-18(16)26(2)24-10)20(28)23-15-5-3-4-11-8-12(19(27)25-29)6-7-13(11)15;1-12-10-17(24(22-12)20(2,3)4)19(26)21-16-7-5-6-13-11-14(18(25)23-27)8-9-15(13)16;1-12-5-7-13(8-6-12)18(22)20-17-4-2-3-14-11-15(19(23)21-24)9-10-16(14)17/h4-5,9,13-15,19,27H,1-3,6-8,10-12H2,(H,23,26)(H,24,25);7-8,11-12,18,27H,2-6,9-10H2,1H3,(H,22,26)(H,23,25);6-9,15,29H,3-5H2,1-2H3,(H,23,28)(H,25,27);8-11,16,27H,5-7H2,1-4H3,(H,21,26)(H,23,25);5-11,17,24H,2-4H2,1H3,(H,20,22)(H,21,23). The van der Waals surface area contributed by atoms with Gasteiger partial charge in [-0.3, -0.25) is 83.3 Å². The lowest BCUT2D eigenvalue weighted by Crippen LogP contribution is -2.54. The number of aromatic nitrogens is 5. The Labute approximate surface area is 804 Å². The third-order valence-electron chi connectivity index (χ3n) is 28.2. The van der Waals surface area contributed by atoms with Crippen molar-refractivity contribution in [3.05, 3.63) is 267 Å². The second kappa shape index (κ2) is 42.6. The number of fused-ring (bicyclic) bond motifs is 6. The SMILES string of the molecule is Cc1cc(C(=O)NC2CCCc3cc(C(=O)NO)ccc32)n(C(C)(C)C)n1.Cc1ccc(C(=O)NC2CCCc3cc(C(=O)NO)ccc32)cc1.Cc1nn(C)c2ncc(C(=O)NC3CCCc4cc(C(=O)NO)ccc43)c(Cl)c12.Cc1oc(S(=O)(=O)N2CCCC2)cc1C(=O)NC1CCCc2cc(C(=O)NO)ccc21.O=C(NO)c1ccc2c(c1)CCCC2NC(=O)C12CC3CC(CC(C3)C1)C2. The van der Waals surface area contributed by atoms with Crippen LogP contribution in [0.1, 0.15) is 338 Å². The molecule has 36 heteroatoms. The van der Waals surface area contributed by atoms with Gasteiger partial charge in [0.2, 0.25) is 11.0 Å². The highest BCUT2D eigenvalue weighted by molar-refractivity contribution is 7.89. The average Bonchev–Trinajstić information content (AvgIpc) is 1.70. The number of nitrogens with one attached hydrogen (secondary N) is 10. The molecule has 4 aromatic heterocycles. The van der Waals surface area contributed by atoms with Crippen LogP contribution in [0, 0.1) is 50.9 Å². The van der Waals surface area contributed by atoms with Crippen LogP contribution in [0.3, 0.4) is 0 Å². The fourth-order valence-electron chi connectivity index (χ4n) is 21.8. The number of carbonyl (C=O) groups is 10. The molecule has 1 aliphatic heterocycles. The summed E-state index contributed by atoms with van der Waals surface area (Å²) in [7, 11) is -1.96. The summed E-state index contributed by atoms with van der Waals surface area (Å²) >= 11 is 6.52. The molecule has 34 nitrogen and oxygen atoms in total. The zero-order chi connectivity index (χ0) is 98.3. The molecule has 138 heavy (non-hydrogen) atoms. The number of pyridine rings is 1. The van der Waals surface area contributed by atoms with E-state index in [-0.39, 0.29) is 81.2 Å². The summed E-state index contributed by atoms with van der Waals surface area (Å²) in [5, 5.41) is 69.3. The Hall–Kier alpha value is -12.9. The molecular formula is C102H119ClN16O18S. The number of amides is 10. The average molecular weight is 1920 g/mol. The minimum atomic E-state index is -3.74. The second-order valence-corrected chi connectivity index (χ2v) is 41.0. The molecule has 4 bridgehead atoms. The van der Waals surface area contributed by atoms with Crippen LogP contribution in [-0.2, 0) is 59.5 Å². The number of aryl methyl sites for hydroxylation is 10. The molecule has 5 unspecified atom stereocenters. The summed E-state index contributed by atoms with van der Waals surface area (Å²) in [6.07, 6.45) is 23.3. The molecule has 4 saturated carbocycles. The molecule has 10 amide bonds. The van der Waals surface area contributed by atoms with Crippen LogP contribution >= 0.6 is 11.6 Å². The zero-order valence-corrected chi connectivity index (χ0v) is 80.1. The molecule has 10 aromatic rings. The van der Waals surface area contributed by atoms with Gasteiger partial charge in [-0.05, 0) is 348 Å². The van der Waals surface area contributed by atoms with Crippen LogP contribution in [0.2, 0.25) is 5.02 Å².